The molecule has 184 valence electrons. The third-order valence-corrected chi connectivity index (χ3v) is 5.47. The van der Waals surface area contributed by atoms with Crippen molar-refractivity contribution in [2.24, 2.45) is 0 Å². The third kappa shape index (κ3) is 4.89. The first kappa shape index (κ1) is 24.8. The summed E-state index contributed by atoms with van der Waals surface area (Å²) in [5, 5.41) is 2.20. The van der Waals surface area contributed by atoms with Gasteiger partial charge < -0.3 is 14.8 Å². The number of benzene rings is 3. The lowest BCUT2D eigenvalue weighted by atomic mass is 10.2. The zero-order valence-corrected chi connectivity index (χ0v) is 19.2. The molecule has 0 spiro atoms. The van der Waals surface area contributed by atoms with Gasteiger partial charge in [0.1, 0.15) is 10.7 Å². The minimum Gasteiger partial charge on any atom is -0.493 e. The van der Waals surface area contributed by atoms with Crippen molar-refractivity contribution in [1.82, 2.24) is 0 Å². The second-order valence-electron chi connectivity index (χ2n) is 7.43. The van der Waals surface area contributed by atoms with Gasteiger partial charge in [0, 0.05) is 5.69 Å². The molecular weight excluding hydrogens is 501 g/mol. The third-order valence-electron chi connectivity index (χ3n) is 5.12. The predicted octanol–water partition coefficient (Wildman–Crippen LogP) is 5.37. The number of methoxy groups -OCH3 is 1. The van der Waals surface area contributed by atoms with Gasteiger partial charge in [-0.1, -0.05) is 29.8 Å². The SMILES string of the molecule is COc1ccccc1OC(=O)c1ccc(NC2=C(Cl)C(=O)N(c3cccc(C(F)(F)F)c3)C2=O)cc1. The summed E-state index contributed by atoms with van der Waals surface area (Å²) in [5.41, 5.74) is -1.13. The largest absolute Gasteiger partial charge is 0.493 e. The molecule has 1 heterocycles. The van der Waals surface area contributed by atoms with Crippen LogP contribution in [0, 0.1) is 0 Å². The number of nitrogens with one attached hydrogen (secondary N) is 1. The van der Waals surface area contributed by atoms with Crippen LogP contribution in [0.15, 0.2) is 83.5 Å². The molecular formula is C25H16ClF3N2O5. The Bertz CT molecular complexity index is 1390. The maximum absolute atomic E-state index is 13.1. The maximum Gasteiger partial charge on any atom is 0.416 e. The van der Waals surface area contributed by atoms with Crippen molar-refractivity contribution in [2.45, 2.75) is 6.18 Å². The highest BCUT2D eigenvalue weighted by molar-refractivity contribution is 6.53. The van der Waals surface area contributed by atoms with Gasteiger partial charge in [-0.15, -0.1) is 0 Å². The van der Waals surface area contributed by atoms with Crippen LogP contribution in [-0.2, 0) is 15.8 Å². The van der Waals surface area contributed by atoms with Gasteiger partial charge in [-0.3, -0.25) is 9.59 Å². The number of esters is 1. The zero-order chi connectivity index (χ0) is 26.0. The van der Waals surface area contributed by atoms with E-state index in [0.717, 1.165) is 12.1 Å². The number of hydrogen-bond donors (Lipinski definition) is 1. The Hall–Kier alpha value is -4.31. The summed E-state index contributed by atoms with van der Waals surface area (Å²) < 4.78 is 49.7. The Balaban J connectivity index is 1.50. The molecule has 0 bridgehead atoms. The second-order valence-corrected chi connectivity index (χ2v) is 7.80. The van der Waals surface area contributed by atoms with E-state index in [1.54, 1.807) is 24.3 Å². The van der Waals surface area contributed by atoms with Gasteiger partial charge in [0.2, 0.25) is 0 Å². The summed E-state index contributed by atoms with van der Waals surface area (Å²) >= 11 is 6.05. The molecule has 3 aromatic rings. The molecule has 0 aromatic heterocycles. The van der Waals surface area contributed by atoms with Crippen LogP contribution in [-0.4, -0.2) is 24.9 Å². The zero-order valence-electron chi connectivity index (χ0n) is 18.4. The van der Waals surface area contributed by atoms with Crippen LogP contribution in [0.1, 0.15) is 15.9 Å². The van der Waals surface area contributed by atoms with Crippen LogP contribution >= 0.6 is 11.6 Å². The molecule has 7 nitrogen and oxygen atoms in total. The predicted molar refractivity (Wildman–Crippen MR) is 125 cm³/mol. The summed E-state index contributed by atoms with van der Waals surface area (Å²) in [5.74, 6) is -1.95. The van der Waals surface area contributed by atoms with Crippen LogP contribution in [0.25, 0.3) is 0 Å². The van der Waals surface area contributed by atoms with E-state index in [0.29, 0.717) is 22.4 Å². The van der Waals surface area contributed by atoms with Crippen LogP contribution in [0.2, 0.25) is 0 Å². The normalized spacial score (nSPS) is 13.8. The molecule has 2 amide bonds. The number of carbonyl (C=O) groups excluding carboxylic acids is 3. The molecule has 11 heteroatoms. The number of alkyl halides is 3. The van der Waals surface area contributed by atoms with E-state index in [9.17, 15) is 27.6 Å². The Morgan fingerprint density at radius 2 is 1.58 bits per heavy atom. The summed E-state index contributed by atoms with van der Waals surface area (Å²) in [6.07, 6.45) is -4.66. The molecule has 0 radical (unpaired) electrons. The monoisotopic (exact) mass is 516 g/mol. The Morgan fingerprint density at radius 3 is 2.22 bits per heavy atom. The van der Waals surface area contributed by atoms with Crippen LogP contribution in [0.5, 0.6) is 11.5 Å². The van der Waals surface area contributed by atoms with Crippen molar-refractivity contribution in [3.05, 3.63) is 94.7 Å². The Labute approximate surface area is 207 Å². The van der Waals surface area contributed by atoms with Gasteiger partial charge in [-0.2, -0.15) is 13.2 Å². The first-order valence-corrected chi connectivity index (χ1v) is 10.7. The molecule has 0 saturated carbocycles. The van der Waals surface area contributed by atoms with Crippen molar-refractivity contribution >= 4 is 40.8 Å². The summed E-state index contributed by atoms with van der Waals surface area (Å²) in [7, 11) is 1.44. The molecule has 3 aromatic carbocycles. The van der Waals surface area contributed by atoms with Crippen LogP contribution in [0.3, 0.4) is 0 Å². The molecule has 0 fully saturated rings. The Kier molecular flexibility index (Phi) is 6.71. The number of ether oxygens (including phenoxy) is 2. The van der Waals surface area contributed by atoms with Crippen LogP contribution in [0.4, 0.5) is 24.5 Å². The molecule has 0 saturated heterocycles. The average Bonchev–Trinajstić information content (AvgIpc) is 3.07. The lowest BCUT2D eigenvalue weighted by Gasteiger charge is -2.17. The maximum atomic E-state index is 13.1. The molecule has 4 rings (SSSR count). The minimum absolute atomic E-state index is 0.186. The number of halogens is 4. The number of carbonyl (C=O) groups is 3. The van der Waals surface area contributed by atoms with Crippen molar-refractivity contribution in [2.75, 3.05) is 17.3 Å². The molecule has 1 N–H and O–H groups in total. The standard InChI is InChI=1S/C25H16ClF3N2O5/c1-35-18-7-2-3-8-19(18)36-24(34)14-9-11-16(12-10-14)30-21-20(26)22(32)31(23(21)33)17-6-4-5-15(13-17)25(27,28)29/h2-13,30H,1H3. The van der Waals surface area contributed by atoms with Gasteiger partial charge in [0.05, 0.1) is 23.9 Å². The second kappa shape index (κ2) is 9.74. The number of amides is 2. The van der Waals surface area contributed by atoms with Gasteiger partial charge in [-0.05, 0) is 54.6 Å². The van der Waals surface area contributed by atoms with E-state index in [1.165, 1.54) is 37.4 Å². The lowest BCUT2D eigenvalue weighted by molar-refractivity contribution is -0.137. The number of imide groups is 1. The molecule has 1 aliphatic rings. The van der Waals surface area contributed by atoms with Crippen molar-refractivity contribution in [3.8, 4) is 11.5 Å². The first-order chi connectivity index (χ1) is 17.1. The topological polar surface area (TPSA) is 84.9 Å². The fourth-order valence-corrected chi connectivity index (χ4v) is 3.58. The molecule has 36 heavy (non-hydrogen) atoms. The first-order valence-electron chi connectivity index (χ1n) is 10.3. The molecule has 0 atom stereocenters. The van der Waals surface area contributed by atoms with E-state index < -0.39 is 34.6 Å². The fourth-order valence-electron chi connectivity index (χ4n) is 3.36. The number of rotatable bonds is 6. The van der Waals surface area contributed by atoms with Gasteiger partial charge in [-0.25, -0.2) is 9.69 Å². The highest BCUT2D eigenvalue weighted by Gasteiger charge is 2.40. The van der Waals surface area contributed by atoms with Gasteiger partial charge in [0.15, 0.2) is 11.5 Å². The van der Waals surface area contributed by atoms with Crippen molar-refractivity contribution < 1.29 is 37.0 Å². The number of hydrogen-bond acceptors (Lipinski definition) is 6. The van der Waals surface area contributed by atoms with Crippen LogP contribution < -0.4 is 19.7 Å². The summed E-state index contributed by atoms with van der Waals surface area (Å²) in [4.78, 5) is 38.5. The molecule has 0 aliphatic carbocycles. The number of anilines is 2. The smallest absolute Gasteiger partial charge is 0.416 e. The number of para-hydroxylation sites is 2. The summed E-state index contributed by atoms with van der Waals surface area (Å²) in [6, 6.07) is 16.1. The van der Waals surface area contributed by atoms with E-state index in [4.69, 9.17) is 21.1 Å². The van der Waals surface area contributed by atoms with Crippen molar-refractivity contribution in [1.29, 1.82) is 0 Å². The fraction of sp³-hybridized carbons (Fsp3) is 0.0800. The molecule has 1 aliphatic heterocycles. The van der Waals surface area contributed by atoms with Gasteiger partial charge >= 0.3 is 12.1 Å². The quantitative estimate of drug-likeness (QED) is 0.269. The average molecular weight is 517 g/mol. The summed E-state index contributed by atoms with van der Waals surface area (Å²) in [6.45, 7) is 0. The van der Waals surface area contributed by atoms with E-state index in [1.807, 2.05) is 0 Å². The van der Waals surface area contributed by atoms with Crippen molar-refractivity contribution in [3.63, 3.8) is 0 Å². The lowest BCUT2D eigenvalue weighted by Crippen LogP contribution is -2.32. The number of nitrogens with zero attached hydrogens (tertiary/aromatic N) is 1. The van der Waals surface area contributed by atoms with Gasteiger partial charge in [0.25, 0.3) is 11.8 Å². The highest BCUT2D eigenvalue weighted by atomic mass is 35.5. The van der Waals surface area contributed by atoms with E-state index in [-0.39, 0.29) is 22.7 Å². The van der Waals surface area contributed by atoms with E-state index in [2.05, 4.69) is 5.32 Å². The van der Waals surface area contributed by atoms with E-state index >= 15 is 0 Å². The highest BCUT2D eigenvalue weighted by Crippen LogP contribution is 2.35. The Morgan fingerprint density at radius 1 is 0.917 bits per heavy atom. The molecule has 0 unspecified atom stereocenters. The minimum atomic E-state index is -4.66.